The third-order valence-corrected chi connectivity index (χ3v) is 3.13. The van der Waals surface area contributed by atoms with E-state index in [1.54, 1.807) is 6.20 Å². The summed E-state index contributed by atoms with van der Waals surface area (Å²) >= 11 is 3.46. The first-order valence-electron chi connectivity index (χ1n) is 5.86. The molecule has 2 rings (SSSR count). The third-order valence-electron chi connectivity index (χ3n) is 2.56. The first kappa shape index (κ1) is 13.0. The highest BCUT2D eigenvalue weighted by Gasteiger charge is 2.09. The van der Waals surface area contributed by atoms with Gasteiger partial charge in [-0.3, -0.25) is 4.98 Å². The molecular weight excluding hydrogens is 292 g/mol. The zero-order chi connectivity index (χ0) is 13.1. The van der Waals surface area contributed by atoms with E-state index in [0.717, 1.165) is 33.6 Å². The number of halogens is 1. The normalized spacial score (nSPS) is 10.4. The standard InChI is InChI=1S/C14H15BrN2O/c1-4-12-13(6-5-10(3)17-12)18-14-11(15)7-9(2)8-16-14/h5-8H,4H2,1-3H3. The molecule has 0 bridgehead atoms. The Morgan fingerprint density at radius 1 is 1.28 bits per heavy atom. The molecule has 0 atom stereocenters. The highest BCUT2D eigenvalue weighted by Crippen LogP contribution is 2.29. The van der Waals surface area contributed by atoms with Gasteiger partial charge in [0, 0.05) is 11.9 Å². The van der Waals surface area contributed by atoms with Crippen LogP contribution in [0.4, 0.5) is 0 Å². The minimum atomic E-state index is 0.570. The van der Waals surface area contributed by atoms with Crippen molar-refractivity contribution < 1.29 is 4.74 Å². The van der Waals surface area contributed by atoms with E-state index in [9.17, 15) is 0 Å². The smallest absolute Gasteiger partial charge is 0.233 e. The van der Waals surface area contributed by atoms with Crippen LogP contribution in [0.5, 0.6) is 11.6 Å². The summed E-state index contributed by atoms with van der Waals surface area (Å²) in [6.45, 7) is 6.03. The van der Waals surface area contributed by atoms with E-state index >= 15 is 0 Å². The number of aromatic nitrogens is 2. The van der Waals surface area contributed by atoms with Crippen molar-refractivity contribution in [2.24, 2.45) is 0 Å². The second-order valence-electron chi connectivity index (χ2n) is 4.15. The largest absolute Gasteiger partial charge is 0.436 e. The van der Waals surface area contributed by atoms with Gasteiger partial charge in [-0.1, -0.05) is 6.92 Å². The first-order chi connectivity index (χ1) is 8.60. The number of nitrogens with zero attached hydrogens (tertiary/aromatic N) is 2. The van der Waals surface area contributed by atoms with Crippen LogP contribution in [-0.4, -0.2) is 9.97 Å². The monoisotopic (exact) mass is 306 g/mol. The van der Waals surface area contributed by atoms with Crippen molar-refractivity contribution in [1.82, 2.24) is 9.97 Å². The average Bonchev–Trinajstić information content (AvgIpc) is 2.34. The van der Waals surface area contributed by atoms with E-state index in [4.69, 9.17) is 4.74 Å². The van der Waals surface area contributed by atoms with Gasteiger partial charge < -0.3 is 4.74 Å². The van der Waals surface area contributed by atoms with Gasteiger partial charge in [-0.05, 0) is 60.0 Å². The molecule has 0 saturated heterocycles. The number of pyridine rings is 2. The Morgan fingerprint density at radius 2 is 2.06 bits per heavy atom. The quantitative estimate of drug-likeness (QED) is 0.852. The topological polar surface area (TPSA) is 35.0 Å². The number of aryl methyl sites for hydroxylation is 3. The lowest BCUT2D eigenvalue weighted by Gasteiger charge is -2.10. The maximum Gasteiger partial charge on any atom is 0.233 e. The summed E-state index contributed by atoms with van der Waals surface area (Å²) in [5.41, 5.74) is 3.03. The Labute approximate surface area is 115 Å². The van der Waals surface area contributed by atoms with Gasteiger partial charge in [0.15, 0.2) is 5.75 Å². The molecule has 0 N–H and O–H groups in total. The lowest BCUT2D eigenvalue weighted by Crippen LogP contribution is -1.97. The predicted octanol–water partition coefficient (Wildman–Crippen LogP) is 4.21. The van der Waals surface area contributed by atoms with Crippen molar-refractivity contribution in [2.45, 2.75) is 27.2 Å². The molecule has 0 aliphatic heterocycles. The molecule has 0 saturated carbocycles. The van der Waals surface area contributed by atoms with Crippen LogP contribution >= 0.6 is 15.9 Å². The molecule has 0 aromatic carbocycles. The fraction of sp³-hybridized carbons (Fsp3) is 0.286. The Hall–Kier alpha value is -1.42. The SMILES string of the molecule is CCc1nc(C)ccc1Oc1ncc(C)cc1Br. The lowest BCUT2D eigenvalue weighted by molar-refractivity contribution is 0.450. The Morgan fingerprint density at radius 3 is 2.72 bits per heavy atom. The molecule has 2 aromatic heterocycles. The average molecular weight is 307 g/mol. The second kappa shape index (κ2) is 5.48. The van der Waals surface area contributed by atoms with Gasteiger partial charge in [-0.25, -0.2) is 4.98 Å². The molecule has 94 valence electrons. The van der Waals surface area contributed by atoms with Crippen LogP contribution in [0.15, 0.2) is 28.9 Å². The molecule has 4 heteroatoms. The number of hydrogen-bond acceptors (Lipinski definition) is 3. The van der Waals surface area contributed by atoms with Crippen LogP contribution in [0.3, 0.4) is 0 Å². The summed E-state index contributed by atoms with van der Waals surface area (Å²) < 4.78 is 6.67. The van der Waals surface area contributed by atoms with Crippen LogP contribution in [0.1, 0.15) is 23.9 Å². The fourth-order valence-corrected chi connectivity index (χ4v) is 2.19. The number of hydrogen-bond donors (Lipinski definition) is 0. The van der Waals surface area contributed by atoms with Gasteiger partial charge in [-0.2, -0.15) is 0 Å². The molecular formula is C14H15BrN2O. The maximum atomic E-state index is 5.82. The van der Waals surface area contributed by atoms with Crippen LogP contribution in [0.25, 0.3) is 0 Å². The van der Waals surface area contributed by atoms with Gasteiger partial charge in [0.1, 0.15) is 0 Å². The van der Waals surface area contributed by atoms with E-state index in [2.05, 4.69) is 32.8 Å². The summed E-state index contributed by atoms with van der Waals surface area (Å²) in [6, 6.07) is 5.86. The van der Waals surface area contributed by atoms with Crippen molar-refractivity contribution >= 4 is 15.9 Å². The molecule has 0 aliphatic carbocycles. The van der Waals surface area contributed by atoms with Crippen LogP contribution in [0, 0.1) is 13.8 Å². The van der Waals surface area contributed by atoms with E-state index in [1.165, 1.54) is 0 Å². The van der Waals surface area contributed by atoms with Crippen molar-refractivity contribution in [3.8, 4) is 11.6 Å². The minimum Gasteiger partial charge on any atom is -0.436 e. The van der Waals surface area contributed by atoms with E-state index < -0.39 is 0 Å². The van der Waals surface area contributed by atoms with Crippen molar-refractivity contribution in [2.75, 3.05) is 0 Å². The molecule has 0 aliphatic rings. The molecule has 2 aromatic rings. The van der Waals surface area contributed by atoms with Gasteiger partial charge in [0.25, 0.3) is 0 Å². The zero-order valence-corrected chi connectivity index (χ0v) is 12.3. The van der Waals surface area contributed by atoms with E-state index in [1.807, 2.05) is 32.0 Å². The van der Waals surface area contributed by atoms with Gasteiger partial charge >= 0.3 is 0 Å². The molecule has 0 unspecified atom stereocenters. The highest BCUT2D eigenvalue weighted by atomic mass is 79.9. The third kappa shape index (κ3) is 2.88. The summed E-state index contributed by atoms with van der Waals surface area (Å²) in [6.07, 6.45) is 2.62. The molecule has 0 radical (unpaired) electrons. The lowest BCUT2D eigenvalue weighted by atomic mass is 10.2. The van der Waals surface area contributed by atoms with Gasteiger partial charge in [-0.15, -0.1) is 0 Å². The Bertz CT molecular complexity index is 570. The number of rotatable bonds is 3. The van der Waals surface area contributed by atoms with Crippen molar-refractivity contribution in [3.05, 3.63) is 45.8 Å². The summed E-state index contributed by atoms with van der Waals surface area (Å²) in [4.78, 5) is 8.74. The molecule has 0 spiro atoms. The predicted molar refractivity (Wildman–Crippen MR) is 75.1 cm³/mol. The molecule has 0 amide bonds. The van der Waals surface area contributed by atoms with Crippen LogP contribution < -0.4 is 4.74 Å². The van der Waals surface area contributed by atoms with Crippen molar-refractivity contribution in [1.29, 1.82) is 0 Å². The minimum absolute atomic E-state index is 0.570. The van der Waals surface area contributed by atoms with E-state index in [0.29, 0.717) is 5.88 Å². The zero-order valence-electron chi connectivity index (χ0n) is 10.7. The Balaban J connectivity index is 2.33. The van der Waals surface area contributed by atoms with Crippen molar-refractivity contribution in [3.63, 3.8) is 0 Å². The molecule has 0 fully saturated rings. The molecule has 2 heterocycles. The van der Waals surface area contributed by atoms with Crippen LogP contribution in [-0.2, 0) is 6.42 Å². The number of ether oxygens (including phenoxy) is 1. The summed E-state index contributed by atoms with van der Waals surface area (Å²) in [5.74, 6) is 1.33. The van der Waals surface area contributed by atoms with Gasteiger partial charge in [0.2, 0.25) is 5.88 Å². The first-order valence-corrected chi connectivity index (χ1v) is 6.66. The van der Waals surface area contributed by atoms with E-state index in [-0.39, 0.29) is 0 Å². The highest BCUT2D eigenvalue weighted by molar-refractivity contribution is 9.10. The maximum absolute atomic E-state index is 5.82. The molecule has 3 nitrogen and oxygen atoms in total. The Kier molecular flexibility index (Phi) is 3.97. The summed E-state index contributed by atoms with van der Waals surface area (Å²) in [5, 5.41) is 0. The van der Waals surface area contributed by atoms with Gasteiger partial charge in [0.05, 0.1) is 10.2 Å². The second-order valence-corrected chi connectivity index (χ2v) is 5.01. The fourth-order valence-electron chi connectivity index (χ4n) is 1.64. The van der Waals surface area contributed by atoms with Crippen LogP contribution in [0.2, 0.25) is 0 Å². The molecule has 18 heavy (non-hydrogen) atoms. The summed E-state index contributed by atoms with van der Waals surface area (Å²) in [7, 11) is 0.